The van der Waals surface area contributed by atoms with Gasteiger partial charge in [0.05, 0.1) is 42.1 Å². The van der Waals surface area contributed by atoms with Crippen LogP contribution >= 0.6 is 7.82 Å². The highest BCUT2D eigenvalue weighted by atomic mass is 31.2. The summed E-state index contributed by atoms with van der Waals surface area (Å²) in [6.07, 6.45) is -11.7. The van der Waals surface area contributed by atoms with Crippen molar-refractivity contribution in [2.75, 3.05) is 20.0 Å². The monoisotopic (exact) mass is 1060 g/mol. The first-order chi connectivity index (χ1) is 35.5. The Bertz CT molecular complexity index is 2760. The van der Waals surface area contributed by atoms with Gasteiger partial charge < -0.3 is 58.1 Å². The molecule has 0 aromatic heterocycles. The molecule has 5 aliphatic rings. The molecule has 21 nitrogen and oxygen atoms in total. The number of hydrogen-bond donors (Lipinski definition) is 4. The minimum absolute atomic E-state index is 0.00920. The molecule has 1 amide bonds. The predicted octanol–water partition coefficient (Wildman–Crippen LogP) is 5.40. The first-order valence-corrected chi connectivity index (χ1v) is 26.0. The Morgan fingerprint density at radius 2 is 1.48 bits per heavy atom. The minimum atomic E-state index is -5.20. The van der Waals surface area contributed by atoms with Gasteiger partial charge in [-0.25, -0.2) is 18.9 Å². The summed E-state index contributed by atoms with van der Waals surface area (Å²) in [5, 5.41) is 17.0. The van der Waals surface area contributed by atoms with E-state index in [-0.39, 0.29) is 40.9 Å². The molecule has 2 bridgehead atoms. The zero-order valence-electron chi connectivity index (χ0n) is 42.0. The van der Waals surface area contributed by atoms with Gasteiger partial charge in [-0.15, -0.1) is 0 Å². The minimum Gasteiger partial charge on any atom is -0.455 e. The molecule has 4 fully saturated rings. The zero-order valence-corrected chi connectivity index (χ0v) is 42.9. The first-order valence-electron chi connectivity index (χ1n) is 24.5. The summed E-state index contributed by atoms with van der Waals surface area (Å²) in [4.78, 5) is 120. The van der Waals surface area contributed by atoms with E-state index in [0.29, 0.717) is 12.8 Å². The van der Waals surface area contributed by atoms with Crippen LogP contribution in [0.15, 0.2) is 102 Å². The average molecular weight is 1060 g/mol. The summed E-state index contributed by atoms with van der Waals surface area (Å²) in [5.74, 6) is -7.85. The third-order valence-electron chi connectivity index (χ3n) is 15.3. The Balaban J connectivity index is 1.33. The third-order valence-corrected chi connectivity index (χ3v) is 15.7. The highest BCUT2D eigenvalue weighted by Gasteiger charge is 2.79. The summed E-state index contributed by atoms with van der Waals surface area (Å²) >= 11 is 0. The molecule has 3 aromatic rings. The second-order valence-electron chi connectivity index (χ2n) is 20.1. The van der Waals surface area contributed by atoms with Crippen molar-refractivity contribution in [1.29, 1.82) is 0 Å². The first kappa shape index (κ1) is 54.9. The van der Waals surface area contributed by atoms with Gasteiger partial charge in [0.1, 0.15) is 30.0 Å². The topological polar surface area (TPSA) is 292 Å². The van der Waals surface area contributed by atoms with Crippen LogP contribution in [0.2, 0.25) is 0 Å². The number of amides is 1. The Morgan fingerprint density at radius 1 is 0.867 bits per heavy atom. The van der Waals surface area contributed by atoms with Crippen LogP contribution in [0.3, 0.4) is 0 Å². The van der Waals surface area contributed by atoms with Gasteiger partial charge in [0.2, 0.25) is 6.10 Å². The summed E-state index contributed by atoms with van der Waals surface area (Å²) in [6.45, 7) is 6.72. The molecule has 0 spiro atoms. The molecule has 1 saturated heterocycles. The van der Waals surface area contributed by atoms with E-state index in [1.165, 1.54) is 58.9 Å². The van der Waals surface area contributed by atoms with Crippen molar-refractivity contribution in [3.8, 4) is 0 Å². The molecule has 4 N–H and O–H groups in total. The van der Waals surface area contributed by atoms with Crippen molar-refractivity contribution in [1.82, 2.24) is 5.32 Å². The molecular formula is C53H60NO20P. The van der Waals surface area contributed by atoms with Crippen LogP contribution in [0, 0.1) is 22.7 Å². The van der Waals surface area contributed by atoms with E-state index in [4.69, 9.17) is 42.4 Å². The molecule has 22 heteroatoms. The number of carbonyl (C=O) groups is 7. The van der Waals surface area contributed by atoms with E-state index >= 15 is 9.59 Å². The van der Waals surface area contributed by atoms with Crippen LogP contribution in [0.1, 0.15) is 99.5 Å². The molecule has 0 radical (unpaired) electrons. The van der Waals surface area contributed by atoms with Crippen molar-refractivity contribution in [3.63, 3.8) is 0 Å². The molecule has 3 aromatic carbocycles. The van der Waals surface area contributed by atoms with Gasteiger partial charge in [0.15, 0.2) is 24.3 Å². The van der Waals surface area contributed by atoms with Gasteiger partial charge in [-0.05, 0) is 74.6 Å². The number of fused-ring (bicyclic) bond motifs is 5. The maximum Gasteiger partial charge on any atom is 0.509 e. The molecule has 75 heavy (non-hydrogen) atoms. The Morgan fingerprint density at radius 3 is 2.04 bits per heavy atom. The number of phosphoric ester groups is 1. The second-order valence-corrected chi connectivity index (χ2v) is 21.3. The average Bonchev–Trinajstić information content (AvgIpc) is 4.22. The van der Waals surface area contributed by atoms with Crippen molar-refractivity contribution >= 4 is 49.5 Å². The molecule has 8 rings (SSSR count). The Hall–Kier alpha value is -6.32. The molecule has 1 heterocycles. The number of hydrogen-bond acceptors (Lipinski definition) is 18. The molecule has 4 aliphatic carbocycles. The van der Waals surface area contributed by atoms with E-state index in [1.807, 2.05) is 0 Å². The normalized spacial score (nSPS) is 29.5. The summed E-state index contributed by atoms with van der Waals surface area (Å²) in [5.41, 5.74) is -8.10. The lowest BCUT2D eigenvalue weighted by Gasteiger charge is -2.67. The van der Waals surface area contributed by atoms with Gasteiger partial charge in [-0.1, -0.05) is 80.6 Å². The fourth-order valence-electron chi connectivity index (χ4n) is 11.3. The standard InChI is InChI=1S/C53H60NO20P/c1-7-66-49(61)72-41(39(31-17-11-8-12-18-31)54-45(57)32-19-13-9-14-20-32)48(60)71-35-26-53(62)44(73-46(58)33-21-15-10-16-22-33)42-51(6,43(56)40(70-30(3)55)38(29(35)2)50(53,4)5)36(68-28-69-75(63,64)65)25-37-52(42,27-67-37)74-47(59)34-23-24-34/h8-22,34-37,39-42,44,62H,7,23-28H2,1-6H3,(H,54,57)(H2,63,64,65). The number of esters is 4. The van der Waals surface area contributed by atoms with Gasteiger partial charge in [0.25, 0.3) is 5.91 Å². The van der Waals surface area contributed by atoms with Crippen molar-refractivity contribution < 1.29 is 95.4 Å². The summed E-state index contributed by atoms with van der Waals surface area (Å²) in [6, 6.07) is 22.3. The van der Waals surface area contributed by atoms with Crippen LogP contribution in [-0.4, -0.2) is 124 Å². The maximum atomic E-state index is 16.2. The number of phosphoric acid groups is 1. The van der Waals surface area contributed by atoms with Crippen molar-refractivity contribution in [2.45, 2.75) is 121 Å². The van der Waals surface area contributed by atoms with Crippen molar-refractivity contribution in [3.05, 3.63) is 119 Å². The highest BCUT2D eigenvalue weighted by molar-refractivity contribution is 7.46. The molecule has 3 saturated carbocycles. The maximum absolute atomic E-state index is 16.2. The van der Waals surface area contributed by atoms with E-state index in [1.54, 1.807) is 66.7 Å². The van der Waals surface area contributed by atoms with Gasteiger partial charge in [-0.3, -0.25) is 23.7 Å². The number of aliphatic hydroxyl groups is 1. The fraction of sp³-hybridized carbons (Fsp3) is 0.491. The molecular weight excluding hydrogens is 1000 g/mol. The number of ether oxygens (including phenoxy) is 8. The molecule has 11 unspecified atom stereocenters. The fourth-order valence-corrected chi connectivity index (χ4v) is 11.5. The number of carbonyl (C=O) groups excluding carboxylic acids is 7. The van der Waals surface area contributed by atoms with Crippen molar-refractivity contribution in [2.24, 2.45) is 22.7 Å². The Labute approximate surface area is 431 Å². The van der Waals surface area contributed by atoms with Gasteiger partial charge in [0, 0.05) is 30.7 Å². The smallest absolute Gasteiger partial charge is 0.455 e. The van der Waals surface area contributed by atoms with Gasteiger partial charge >= 0.3 is 37.9 Å². The van der Waals surface area contributed by atoms with Crippen LogP contribution in [-0.2, 0) is 66.2 Å². The Kier molecular flexibility index (Phi) is 15.6. The van der Waals surface area contributed by atoms with Crippen LogP contribution in [0.25, 0.3) is 0 Å². The number of benzene rings is 3. The molecule has 1 aliphatic heterocycles. The number of ketones is 1. The number of Topliss-reactive ketones (excluding diaryl/α,β-unsaturated/α-hetero) is 1. The lowest BCUT2D eigenvalue weighted by Crippen LogP contribution is -2.82. The zero-order chi connectivity index (χ0) is 54.3. The number of rotatable bonds is 17. The lowest BCUT2D eigenvalue weighted by molar-refractivity contribution is -0.351. The van der Waals surface area contributed by atoms with Crippen LogP contribution < -0.4 is 5.32 Å². The second kappa shape index (κ2) is 21.4. The predicted molar refractivity (Wildman–Crippen MR) is 257 cm³/mol. The molecule has 11 atom stereocenters. The largest absolute Gasteiger partial charge is 0.509 e. The quantitative estimate of drug-likeness (QED) is 0.0433. The van der Waals surface area contributed by atoms with Gasteiger partial charge in [-0.2, -0.15) is 0 Å². The van der Waals surface area contributed by atoms with Crippen LogP contribution in [0.4, 0.5) is 4.79 Å². The SMILES string of the molecule is CCOC(=O)OC(C(=O)OC1CC2(O)C(OC(=O)c3ccccc3)C3C4(OC(=O)C5CC5)COC4CC(OCOP(=O)(O)O)C3(C)C(=O)C(OC(C)=O)C(=C1C)C2(C)C)C(NC(=O)c1ccccc1)c1ccccc1. The lowest BCUT2D eigenvalue weighted by atomic mass is 9.44. The summed E-state index contributed by atoms with van der Waals surface area (Å²) in [7, 11) is -5.20. The van der Waals surface area contributed by atoms with E-state index < -0.39 is 146 Å². The van der Waals surface area contributed by atoms with Crippen LogP contribution in [0.5, 0.6) is 0 Å². The van der Waals surface area contributed by atoms with E-state index in [9.17, 15) is 43.4 Å². The van der Waals surface area contributed by atoms with E-state index in [2.05, 4.69) is 5.32 Å². The third kappa shape index (κ3) is 10.6. The number of nitrogens with one attached hydrogen (secondary N) is 1. The molecule has 402 valence electrons. The highest BCUT2D eigenvalue weighted by Crippen LogP contribution is 2.65. The van der Waals surface area contributed by atoms with E-state index in [0.717, 1.165) is 6.92 Å². The summed E-state index contributed by atoms with van der Waals surface area (Å²) < 4.78 is 65.1.